The van der Waals surface area contributed by atoms with E-state index in [4.69, 9.17) is 5.11 Å². The first kappa shape index (κ1) is 10.5. The van der Waals surface area contributed by atoms with Crippen LogP contribution in [0.15, 0.2) is 29.2 Å². The highest BCUT2D eigenvalue weighted by atomic mass is 32.2. The van der Waals surface area contributed by atoms with Gasteiger partial charge in [0.1, 0.15) is 0 Å². The number of thioether (sulfide) groups is 1. The third-order valence-electron chi connectivity index (χ3n) is 1.52. The summed E-state index contributed by atoms with van der Waals surface area (Å²) in [5, 5.41) is 8.64. The fourth-order valence-electron chi connectivity index (χ4n) is 1.01. The molecule has 0 aliphatic rings. The van der Waals surface area contributed by atoms with Gasteiger partial charge in [-0.1, -0.05) is 23.9 Å². The predicted octanol–water partition coefficient (Wildman–Crippen LogP) is 2.54. The molecule has 0 spiro atoms. The van der Waals surface area contributed by atoms with E-state index in [9.17, 15) is 8.78 Å². The number of aliphatic hydroxyl groups is 1. The van der Waals surface area contributed by atoms with E-state index in [0.29, 0.717) is 23.1 Å². The maximum Gasteiger partial charge on any atom is 0.288 e. The third-order valence-corrected chi connectivity index (χ3v) is 2.23. The summed E-state index contributed by atoms with van der Waals surface area (Å²) in [6.45, 7) is 0.0444. The first-order chi connectivity index (χ1) is 6.22. The second-order valence-corrected chi connectivity index (χ2v) is 3.56. The Balaban J connectivity index is 2.67. The van der Waals surface area contributed by atoms with Crippen molar-refractivity contribution in [3.63, 3.8) is 0 Å². The molecule has 0 saturated heterocycles. The van der Waals surface area contributed by atoms with E-state index in [-0.39, 0.29) is 6.61 Å². The Bertz CT molecular complexity index is 266. The van der Waals surface area contributed by atoms with Crippen molar-refractivity contribution in [2.45, 2.75) is 17.1 Å². The molecule has 0 unspecified atom stereocenters. The Kier molecular flexibility index (Phi) is 4.18. The zero-order valence-corrected chi connectivity index (χ0v) is 7.73. The van der Waals surface area contributed by atoms with Gasteiger partial charge >= 0.3 is 0 Å². The molecule has 0 heterocycles. The molecular weight excluding hydrogens is 194 g/mol. The van der Waals surface area contributed by atoms with Crippen molar-refractivity contribution in [3.8, 4) is 0 Å². The molecule has 1 aromatic rings. The lowest BCUT2D eigenvalue weighted by atomic mass is 10.2. The minimum atomic E-state index is -2.38. The van der Waals surface area contributed by atoms with Crippen molar-refractivity contribution in [3.05, 3.63) is 29.8 Å². The van der Waals surface area contributed by atoms with Crippen molar-refractivity contribution >= 4 is 11.8 Å². The lowest BCUT2D eigenvalue weighted by Crippen LogP contribution is -1.90. The van der Waals surface area contributed by atoms with Crippen LogP contribution in [0, 0.1) is 0 Å². The highest BCUT2D eigenvalue weighted by Gasteiger charge is 2.04. The van der Waals surface area contributed by atoms with E-state index >= 15 is 0 Å². The van der Waals surface area contributed by atoms with Gasteiger partial charge in [-0.15, -0.1) is 0 Å². The van der Waals surface area contributed by atoms with E-state index in [1.54, 1.807) is 18.2 Å². The lowest BCUT2D eigenvalue weighted by molar-refractivity contribution is 0.252. The molecule has 1 nitrogen and oxygen atoms in total. The quantitative estimate of drug-likeness (QED) is 0.760. The molecular formula is C9H10F2OS. The molecule has 0 radical (unpaired) electrons. The Morgan fingerprint density at radius 1 is 1.38 bits per heavy atom. The monoisotopic (exact) mass is 204 g/mol. The Labute approximate surface area is 79.8 Å². The summed E-state index contributed by atoms with van der Waals surface area (Å²) >= 11 is 0.523. The number of hydrogen-bond donors (Lipinski definition) is 1. The molecule has 1 N–H and O–H groups in total. The van der Waals surface area contributed by atoms with Gasteiger partial charge < -0.3 is 5.11 Å². The highest BCUT2D eigenvalue weighted by Crippen LogP contribution is 2.25. The Morgan fingerprint density at radius 2 is 2.15 bits per heavy atom. The van der Waals surface area contributed by atoms with Gasteiger partial charge in [-0.25, -0.2) is 0 Å². The normalized spacial score (nSPS) is 10.8. The van der Waals surface area contributed by atoms with Gasteiger partial charge in [0, 0.05) is 11.5 Å². The minimum absolute atomic E-state index is 0.0444. The number of hydrogen-bond acceptors (Lipinski definition) is 2. The second-order valence-electron chi connectivity index (χ2n) is 2.50. The van der Waals surface area contributed by atoms with Crippen molar-refractivity contribution in [1.29, 1.82) is 0 Å². The standard InChI is InChI=1S/C9H10F2OS/c10-9(11)13-8-3-1-2-7(6-8)4-5-12/h1-3,6,9,12H,4-5H2. The van der Waals surface area contributed by atoms with Crippen LogP contribution < -0.4 is 0 Å². The number of benzene rings is 1. The summed E-state index contributed by atoms with van der Waals surface area (Å²) in [5.41, 5.74) is 0.883. The Morgan fingerprint density at radius 3 is 2.77 bits per heavy atom. The van der Waals surface area contributed by atoms with Crippen LogP contribution in [0.3, 0.4) is 0 Å². The van der Waals surface area contributed by atoms with E-state index in [2.05, 4.69) is 0 Å². The van der Waals surface area contributed by atoms with Crippen LogP contribution in [0.25, 0.3) is 0 Å². The van der Waals surface area contributed by atoms with Crippen LogP contribution >= 0.6 is 11.8 Å². The summed E-state index contributed by atoms with van der Waals surface area (Å²) in [6.07, 6.45) is 0.512. The van der Waals surface area contributed by atoms with E-state index < -0.39 is 5.76 Å². The highest BCUT2D eigenvalue weighted by molar-refractivity contribution is 7.99. The van der Waals surface area contributed by atoms with Crippen LogP contribution in [0.5, 0.6) is 0 Å². The molecule has 1 rings (SSSR count). The molecule has 0 saturated carbocycles. The Hall–Kier alpha value is -0.610. The zero-order chi connectivity index (χ0) is 9.68. The molecule has 0 aromatic heterocycles. The van der Waals surface area contributed by atoms with Crippen molar-refractivity contribution < 1.29 is 13.9 Å². The molecule has 0 aliphatic carbocycles. The van der Waals surface area contributed by atoms with Crippen molar-refractivity contribution in [2.75, 3.05) is 6.61 Å². The SMILES string of the molecule is OCCc1cccc(SC(F)F)c1. The molecule has 0 amide bonds. The van der Waals surface area contributed by atoms with Gasteiger partial charge in [0.15, 0.2) is 0 Å². The van der Waals surface area contributed by atoms with E-state index in [1.165, 1.54) is 0 Å². The molecule has 0 atom stereocenters. The largest absolute Gasteiger partial charge is 0.396 e. The molecule has 0 bridgehead atoms. The molecule has 0 aliphatic heterocycles. The topological polar surface area (TPSA) is 20.2 Å². The molecule has 13 heavy (non-hydrogen) atoms. The minimum Gasteiger partial charge on any atom is -0.396 e. The molecule has 72 valence electrons. The van der Waals surface area contributed by atoms with Gasteiger partial charge in [-0.2, -0.15) is 8.78 Å². The third kappa shape index (κ3) is 3.74. The zero-order valence-electron chi connectivity index (χ0n) is 6.91. The van der Waals surface area contributed by atoms with Crippen molar-refractivity contribution in [2.24, 2.45) is 0 Å². The van der Waals surface area contributed by atoms with E-state index in [0.717, 1.165) is 5.56 Å². The lowest BCUT2D eigenvalue weighted by Gasteiger charge is -2.02. The first-order valence-corrected chi connectivity index (χ1v) is 4.75. The maximum absolute atomic E-state index is 12.0. The number of aliphatic hydroxyl groups excluding tert-OH is 1. The summed E-state index contributed by atoms with van der Waals surface area (Å²) in [5.74, 6) is -2.38. The molecule has 0 fully saturated rings. The predicted molar refractivity (Wildman–Crippen MR) is 49.1 cm³/mol. The van der Waals surface area contributed by atoms with Gasteiger partial charge in [0.05, 0.1) is 0 Å². The molecule has 1 aromatic carbocycles. The smallest absolute Gasteiger partial charge is 0.288 e. The van der Waals surface area contributed by atoms with Gasteiger partial charge in [0.25, 0.3) is 5.76 Å². The van der Waals surface area contributed by atoms with Gasteiger partial charge in [-0.05, 0) is 24.1 Å². The summed E-state index contributed by atoms with van der Waals surface area (Å²) in [6, 6.07) is 6.84. The van der Waals surface area contributed by atoms with Crippen LogP contribution in [0.1, 0.15) is 5.56 Å². The number of alkyl halides is 2. The van der Waals surface area contributed by atoms with Crippen LogP contribution in [-0.2, 0) is 6.42 Å². The number of halogens is 2. The fourth-order valence-corrected chi connectivity index (χ4v) is 1.59. The van der Waals surface area contributed by atoms with Crippen LogP contribution in [0.2, 0.25) is 0 Å². The van der Waals surface area contributed by atoms with Crippen LogP contribution in [0.4, 0.5) is 8.78 Å². The van der Waals surface area contributed by atoms with Gasteiger partial charge in [-0.3, -0.25) is 0 Å². The fraction of sp³-hybridized carbons (Fsp3) is 0.333. The summed E-state index contributed by atoms with van der Waals surface area (Å²) < 4.78 is 23.9. The average molecular weight is 204 g/mol. The van der Waals surface area contributed by atoms with Gasteiger partial charge in [0.2, 0.25) is 0 Å². The summed E-state index contributed by atoms with van der Waals surface area (Å²) in [4.78, 5) is 0.543. The van der Waals surface area contributed by atoms with Crippen molar-refractivity contribution in [1.82, 2.24) is 0 Å². The average Bonchev–Trinajstić information content (AvgIpc) is 2.04. The first-order valence-electron chi connectivity index (χ1n) is 3.87. The summed E-state index contributed by atoms with van der Waals surface area (Å²) in [7, 11) is 0. The van der Waals surface area contributed by atoms with Crippen LogP contribution in [-0.4, -0.2) is 17.5 Å². The van der Waals surface area contributed by atoms with E-state index in [1.807, 2.05) is 6.07 Å². The second kappa shape index (κ2) is 5.19. The maximum atomic E-state index is 12.0. The number of rotatable bonds is 4. The molecule has 4 heteroatoms.